The second kappa shape index (κ2) is 4.93. The smallest absolute Gasteiger partial charge is 0.215 e. The van der Waals surface area contributed by atoms with Crippen LogP contribution in [0.2, 0.25) is 0 Å². The van der Waals surface area contributed by atoms with E-state index in [1.807, 2.05) is 0 Å². The van der Waals surface area contributed by atoms with E-state index in [1.165, 1.54) is 26.4 Å². The maximum atomic E-state index is 13.5. The molecule has 2 heterocycles. The molecule has 21 heavy (non-hydrogen) atoms. The van der Waals surface area contributed by atoms with Gasteiger partial charge in [-0.05, 0) is 18.2 Å². The van der Waals surface area contributed by atoms with Crippen LogP contribution in [0, 0.1) is 5.82 Å². The van der Waals surface area contributed by atoms with Crippen LogP contribution in [0.15, 0.2) is 30.3 Å². The van der Waals surface area contributed by atoms with Crippen LogP contribution in [0.25, 0.3) is 16.9 Å². The Morgan fingerprint density at radius 2 is 1.90 bits per heavy atom. The lowest BCUT2D eigenvalue weighted by Gasteiger charge is -2.09. The predicted octanol–water partition coefficient (Wildman–Crippen LogP) is 2.16. The van der Waals surface area contributed by atoms with Gasteiger partial charge in [0.05, 0.1) is 19.9 Å². The average molecular weight is 288 g/mol. The maximum Gasteiger partial charge on any atom is 0.215 e. The van der Waals surface area contributed by atoms with Crippen LogP contribution in [-0.4, -0.2) is 28.8 Å². The lowest BCUT2D eigenvalue weighted by atomic mass is 10.3. The fourth-order valence-electron chi connectivity index (χ4n) is 2.11. The van der Waals surface area contributed by atoms with Gasteiger partial charge in [0.2, 0.25) is 11.8 Å². The third-order valence-corrected chi connectivity index (χ3v) is 3.11. The van der Waals surface area contributed by atoms with Crippen LogP contribution in [0.5, 0.6) is 11.6 Å². The first-order valence-electron chi connectivity index (χ1n) is 6.17. The van der Waals surface area contributed by atoms with Crippen LogP contribution < -0.4 is 15.2 Å². The Morgan fingerprint density at radius 3 is 2.62 bits per heavy atom. The Balaban J connectivity index is 2.26. The standard InChI is InChI=1S/C14H13FN4O2/c1-20-11-7-8(3-4-9(11)15)19-13-10(17-14(19)16)5-6-12(18-13)21-2/h3-7H,1-2H3,(H2,16,17). The van der Waals surface area contributed by atoms with Gasteiger partial charge in [-0.2, -0.15) is 4.98 Å². The number of benzene rings is 1. The zero-order chi connectivity index (χ0) is 15.0. The zero-order valence-corrected chi connectivity index (χ0v) is 11.5. The molecule has 0 saturated heterocycles. The van der Waals surface area contributed by atoms with E-state index >= 15 is 0 Å². The summed E-state index contributed by atoms with van der Waals surface area (Å²) in [5.41, 5.74) is 7.70. The molecule has 6 nitrogen and oxygen atoms in total. The van der Waals surface area contributed by atoms with E-state index in [-0.39, 0.29) is 11.7 Å². The van der Waals surface area contributed by atoms with Crippen LogP contribution in [0.4, 0.5) is 10.3 Å². The van der Waals surface area contributed by atoms with Crippen LogP contribution in [-0.2, 0) is 0 Å². The number of hydrogen-bond acceptors (Lipinski definition) is 5. The summed E-state index contributed by atoms with van der Waals surface area (Å²) < 4.78 is 25.2. The van der Waals surface area contributed by atoms with Crippen LogP contribution in [0.3, 0.4) is 0 Å². The van der Waals surface area contributed by atoms with Gasteiger partial charge in [-0.3, -0.25) is 4.57 Å². The molecule has 7 heteroatoms. The van der Waals surface area contributed by atoms with E-state index in [9.17, 15) is 4.39 Å². The van der Waals surface area contributed by atoms with Gasteiger partial charge in [0.1, 0.15) is 5.52 Å². The number of rotatable bonds is 3. The number of halogens is 1. The Kier molecular flexibility index (Phi) is 3.09. The van der Waals surface area contributed by atoms with Crippen molar-refractivity contribution in [1.82, 2.24) is 14.5 Å². The number of ether oxygens (including phenoxy) is 2. The van der Waals surface area contributed by atoms with Gasteiger partial charge in [0, 0.05) is 12.1 Å². The van der Waals surface area contributed by atoms with Crippen molar-refractivity contribution in [3.63, 3.8) is 0 Å². The Hall–Kier alpha value is -2.83. The number of nitrogen functional groups attached to an aromatic ring is 1. The van der Waals surface area contributed by atoms with Crippen LogP contribution >= 0.6 is 0 Å². The molecule has 0 saturated carbocycles. The minimum Gasteiger partial charge on any atom is -0.494 e. The number of hydrogen-bond donors (Lipinski definition) is 1. The van der Waals surface area contributed by atoms with Gasteiger partial charge in [-0.1, -0.05) is 0 Å². The molecule has 0 atom stereocenters. The van der Waals surface area contributed by atoms with Crippen molar-refractivity contribution >= 4 is 17.1 Å². The highest BCUT2D eigenvalue weighted by Gasteiger charge is 2.14. The molecule has 0 aliphatic carbocycles. The summed E-state index contributed by atoms with van der Waals surface area (Å²) in [6, 6.07) is 7.88. The fraction of sp³-hybridized carbons (Fsp3) is 0.143. The molecule has 2 aromatic heterocycles. The molecule has 0 radical (unpaired) electrons. The Labute approximate surface area is 119 Å². The largest absolute Gasteiger partial charge is 0.494 e. The van der Waals surface area contributed by atoms with Gasteiger partial charge in [0.15, 0.2) is 17.2 Å². The second-order valence-electron chi connectivity index (χ2n) is 4.32. The lowest BCUT2D eigenvalue weighted by Crippen LogP contribution is -2.02. The Bertz CT molecular complexity index is 816. The molecule has 0 fully saturated rings. The molecule has 3 aromatic rings. The van der Waals surface area contributed by atoms with Crippen molar-refractivity contribution in [2.24, 2.45) is 0 Å². The molecule has 108 valence electrons. The molecule has 3 rings (SSSR count). The number of nitrogens with zero attached hydrogens (tertiary/aromatic N) is 3. The fourth-order valence-corrected chi connectivity index (χ4v) is 2.11. The summed E-state index contributed by atoms with van der Waals surface area (Å²) in [6.07, 6.45) is 0. The summed E-state index contributed by atoms with van der Waals surface area (Å²) in [6.45, 7) is 0. The number of nitrogens with two attached hydrogens (primary N) is 1. The van der Waals surface area contributed by atoms with E-state index in [0.717, 1.165) is 0 Å². The molecule has 0 spiro atoms. The molecule has 0 aliphatic rings. The Morgan fingerprint density at radius 1 is 1.10 bits per heavy atom. The second-order valence-corrected chi connectivity index (χ2v) is 4.32. The summed E-state index contributed by atoms with van der Waals surface area (Å²) in [4.78, 5) is 8.56. The highest BCUT2D eigenvalue weighted by Crippen LogP contribution is 2.27. The van der Waals surface area contributed by atoms with E-state index in [4.69, 9.17) is 15.2 Å². The predicted molar refractivity (Wildman–Crippen MR) is 76.3 cm³/mol. The van der Waals surface area contributed by atoms with E-state index in [1.54, 1.807) is 22.8 Å². The monoisotopic (exact) mass is 288 g/mol. The van der Waals surface area contributed by atoms with E-state index in [2.05, 4.69) is 9.97 Å². The zero-order valence-electron chi connectivity index (χ0n) is 11.5. The number of anilines is 1. The minimum absolute atomic E-state index is 0.122. The molecule has 0 unspecified atom stereocenters. The quantitative estimate of drug-likeness (QED) is 0.799. The molecule has 0 amide bonds. The number of aromatic nitrogens is 3. The van der Waals surface area contributed by atoms with E-state index < -0.39 is 5.82 Å². The minimum atomic E-state index is -0.449. The van der Waals surface area contributed by atoms with E-state index in [0.29, 0.717) is 22.7 Å². The van der Waals surface area contributed by atoms with Crippen molar-refractivity contribution in [3.8, 4) is 17.3 Å². The molecule has 0 aliphatic heterocycles. The van der Waals surface area contributed by atoms with Crippen molar-refractivity contribution in [3.05, 3.63) is 36.1 Å². The van der Waals surface area contributed by atoms with Crippen molar-refractivity contribution < 1.29 is 13.9 Å². The summed E-state index contributed by atoms with van der Waals surface area (Å²) >= 11 is 0. The van der Waals surface area contributed by atoms with Crippen molar-refractivity contribution in [1.29, 1.82) is 0 Å². The molecule has 0 bridgehead atoms. The first-order valence-corrected chi connectivity index (χ1v) is 6.17. The molecule has 2 N–H and O–H groups in total. The van der Waals surface area contributed by atoms with Crippen molar-refractivity contribution in [2.75, 3.05) is 20.0 Å². The first-order chi connectivity index (χ1) is 10.1. The van der Waals surface area contributed by atoms with Crippen molar-refractivity contribution in [2.45, 2.75) is 0 Å². The summed E-state index contributed by atoms with van der Waals surface area (Å²) in [5, 5.41) is 0. The van der Waals surface area contributed by atoms with Gasteiger partial charge >= 0.3 is 0 Å². The summed E-state index contributed by atoms with van der Waals surface area (Å²) in [5.74, 6) is 0.364. The molecule has 1 aromatic carbocycles. The third-order valence-electron chi connectivity index (χ3n) is 3.11. The van der Waals surface area contributed by atoms with Gasteiger partial charge in [-0.25, -0.2) is 9.37 Å². The highest BCUT2D eigenvalue weighted by molar-refractivity contribution is 5.77. The van der Waals surface area contributed by atoms with Crippen LogP contribution in [0.1, 0.15) is 0 Å². The van der Waals surface area contributed by atoms with Gasteiger partial charge in [-0.15, -0.1) is 0 Å². The first kappa shape index (κ1) is 13.2. The normalized spacial score (nSPS) is 10.8. The lowest BCUT2D eigenvalue weighted by molar-refractivity contribution is 0.386. The number of pyridine rings is 1. The number of fused-ring (bicyclic) bond motifs is 1. The topological polar surface area (TPSA) is 75.2 Å². The number of imidazole rings is 1. The third kappa shape index (κ3) is 2.12. The number of methoxy groups -OCH3 is 2. The van der Waals surface area contributed by atoms with Gasteiger partial charge in [0.25, 0.3) is 0 Å². The highest BCUT2D eigenvalue weighted by atomic mass is 19.1. The molecular formula is C14H13FN4O2. The average Bonchev–Trinajstić information content (AvgIpc) is 2.82. The SMILES string of the molecule is COc1ccc2nc(N)n(-c3ccc(F)c(OC)c3)c2n1. The van der Waals surface area contributed by atoms with Gasteiger partial charge < -0.3 is 15.2 Å². The molecular weight excluding hydrogens is 275 g/mol. The summed E-state index contributed by atoms with van der Waals surface area (Å²) in [7, 11) is 2.93. The maximum absolute atomic E-state index is 13.5.